The Bertz CT molecular complexity index is 496. The molecule has 0 radical (unpaired) electrons. The minimum absolute atomic E-state index is 0.115. The van der Waals surface area contributed by atoms with Crippen LogP contribution in [0.4, 0.5) is 4.79 Å². The molecule has 0 fully saturated rings. The van der Waals surface area contributed by atoms with Gasteiger partial charge in [-0.05, 0) is 61.3 Å². The van der Waals surface area contributed by atoms with Gasteiger partial charge in [0.2, 0.25) is 0 Å². The molecule has 0 saturated heterocycles. The maximum absolute atomic E-state index is 11.4. The van der Waals surface area contributed by atoms with Crippen LogP contribution in [0.5, 0.6) is 5.75 Å². The lowest BCUT2D eigenvalue weighted by molar-refractivity contribution is 0.0529. The van der Waals surface area contributed by atoms with E-state index in [1.165, 1.54) is 0 Å². The van der Waals surface area contributed by atoms with E-state index in [1.54, 1.807) is 18.2 Å². The number of nitrogens with zero attached hydrogens (tertiary/aromatic N) is 1. The second-order valence-electron chi connectivity index (χ2n) is 5.16. The van der Waals surface area contributed by atoms with E-state index in [-0.39, 0.29) is 5.75 Å². The zero-order valence-electron chi connectivity index (χ0n) is 11.8. The SMILES string of the molecule is CC(C)(C)OC(=O)NCCC=Cc1nc(Br)ccc1O. The maximum atomic E-state index is 11.4. The van der Waals surface area contributed by atoms with Crippen LogP contribution in [0.3, 0.4) is 0 Å². The predicted molar refractivity (Wildman–Crippen MR) is 81.5 cm³/mol. The van der Waals surface area contributed by atoms with Gasteiger partial charge in [-0.3, -0.25) is 0 Å². The normalized spacial score (nSPS) is 11.6. The fourth-order valence-electron chi connectivity index (χ4n) is 1.33. The summed E-state index contributed by atoms with van der Waals surface area (Å²) in [6.07, 6.45) is 3.71. The van der Waals surface area contributed by atoms with Crippen LogP contribution in [-0.2, 0) is 4.74 Å². The molecule has 1 rings (SSSR count). The van der Waals surface area contributed by atoms with Crippen molar-refractivity contribution in [2.45, 2.75) is 32.8 Å². The van der Waals surface area contributed by atoms with Crippen LogP contribution < -0.4 is 5.32 Å². The van der Waals surface area contributed by atoms with Gasteiger partial charge >= 0.3 is 6.09 Å². The lowest BCUT2D eigenvalue weighted by Crippen LogP contribution is -2.32. The number of carbonyl (C=O) groups is 1. The van der Waals surface area contributed by atoms with Crippen LogP contribution in [0.1, 0.15) is 32.9 Å². The number of ether oxygens (including phenoxy) is 1. The molecule has 20 heavy (non-hydrogen) atoms. The van der Waals surface area contributed by atoms with Gasteiger partial charge in [-0.1, -0.05) is 6.08 Å². The molecule has 0 aromatic carbocycles. The molecule has 0 unspecified atom stereocenters. The number of amides is 1. The van der Waals surface area contributed by atoms with Gasteiger partial charge < -0.3 is 15.2 Å². The average molecular weight is 343 g/mol. The molecule has 0 bridgehead atoms. The summed E-state index contributed by atoms with van der Waals surface area (Å²) in [4.78, 5) is 15.5. The van der Waals surface area contributed by atoms with E-state index in [1.807, 2.05) is 26.8 Å². The summed E-state index contributed by atoms with van der Waals surface area (Å²) in [5, 5.41) is 12.2. The van der Waals surface area contributed by atoms with Crippen LogP contribution in [0.25, 0.3) is 6.08 Å². The first kappa shape index (κ1) is 16.5. The summed E-state index contributed by atoms with van der Waals surface area (Å²) in [7, 11) is 0. The van der Waals surface area contributed by atoms with Crippen molar-refractivity contribution in [1.82, 2.24) is 10.3 Å². The Morgan fingerprint density at radius 3 is 2.85 bits per heavy atom. The molecule has 0 saturated carbocycles. The number of rotatable bonds is 4. The molecule has 6 heteroatoms. The molecule has 2 N–H and O–H groups in total. The molecule has 1 aromatic rings. The van der Waals surface area contributed by atoms with Gasteiger partial charge in [0.05, 0.1) is 0 Å². The van der Waals surface area contributed by atoms with Crippen molar-refractivity contribution in [3.63, 3.8) is 0 Å². The summed E-state index contributed by atoms with van der Waals surface area (Å²) in [5.74, 6) is 0.115. The van der Waals surface area contributed by atoms with Crippen molar-refractivity contribution in [1.29, 1.82) is 0 Å². The Balaban J connectivity index is 2.36. The number of halogens is 1. The highest BCUT2D eigenvalue weighted by Crippen LogP contribution is 2.19. The van der Waals surface area contributed by atoms with Gasteiger partial charge in [0.15, 0.2) is 0 Å². The standard InChI is InChI=1S/C14H19BrN2O3/c1-14(2,3)20-13(19)16-9-5-4-6-10-11(18)7-8-12(15)17-10/h4,6-8,18H,5,9H2,1-3H3,(H,16,19). The molecular formula is C14H19BrN2O3. The highest BCUT2D eigenvalue weighted by atomic mass is 79.9. The molecular weight excluding hydrogens is 324 g/mol. The Labute approximate surface area is 127 Å². The molecule has 0 aliphatic heterocycles. The zero-order chi connectivity index (χ0) is 15.2. The Hall–Kier alpha value is -1.56. The third-order valence-corrected chi connectivity index (χ3v) is 2.57. The second kappa shape index (κ2) is 7.28. The maximum Gasteiger partial charge on any atom is 0.407 e. The van der Waals surface area contributed by atoms with Crippen molar-refractivity contribution in [2.24, 2.45) is 0 Å². The Morgan fingerprint density at radius 1 is 1.50 bits per heavy atom. The molecule has 0 aliphatic rings. The van der Waals surface area contributed by atoms with E-state index in [9.17, 15) is 9.90 Å². The summed E-state index contributed by atoms with van der Waals surface area (Å²) >= 11 is 3.24. The molecule has 0 spiro atoms. The average Bonchev–Trinajstić information content (AvgIpc) is 2.30. The van der Waals surface area contributed by atoms with Gasteiger partial charge in [-0.15, -0.1) is 0 Å². The third-order valence-electron chi connectivity index (χ3n) is 2.12. The van der Waals surface area contributed by atoms with Crippen LogP contribution in [0.2, 0.25) is 0 Å². The molecule has 1 amide bonds. The first-order valence-electron chi connectivity index (χ1n) is 6.27. The van der Waals surface area contributed by atoms with E-state index in [2.05, 4.69) is 26.2 Å². The van der Waals surface area contributed by atoms with Gasteiger partial charge in [0, 0.05) is 6.54 Å². The molecule has 1 heterocycles. The lowest BCUT2D eigenvalue weighted by atomic mass is 10.2. The van der Waals surface area contributed by atoms with E-state index >= 15 is 0 Å². The zero-order valence-corrected chi connectivity index (χ0v) is 13.4. The topological polar surface area (TPSA) is 71.5 Å². The first-order chi connectivity index (χ1) is 9.28. The van der Waals surface area contributed by atoms with Gasteiger partial charge in [-0.2, -0.15) is 0 Å². The number of aromatic hydroxyl groups is 1. The quantitative estimate of drug-likeness (QED) is 0.649. The van der Waals surface area contributed by atoms with Crippen LogP contribution in [0.15, 0.2) is 22.8 Å². The highest BCUT2D eigenvalue weighted by molar-refractivity contribution is 9.10. The number of pyridine rings is 1. The molecule has 5 nitrogen and oxygen atoms in total. The van der Waals surface area contributed by atoms with E-state index < -0.39 is 11.7 Å². The number of hydrogen-bond donors (Lipinski definition) is 2. The van der Waals surface area contributed by atoms with Crippen LogP contribution in [-0.4, -0.2) is 28.3 Å². The minimum atomic E-state index is -0.494. The predicted octanol–water partition coefficient (Wildman–Crippen LogP) is 3.48. The van der Waals surface area contributed by atoms with E-state index in [0.29, 0.717) is 23.3 Å². The summed E-state index contributed by atoms with van der Waals surface area (Å²) in [6, 6.07) is 3.23. The lowest BCUT2D eigenvalue weighted by Gasteiger charge is -2.19. The summed E-state index contributed by atoms with van der Waals surface area (Å²) in [6.45, 7) is 5.90. The van der Waals surface area contributed by atoms with Crippen molar-refractivity contribution in [2.75, 3.05) is 6.54 Å². The van der Waals surface area contributed by atoms with Crippen LogP contribution >= 0.6 is 15.9 Å². The number of hydrogen-bond acceptors (Lipinski definition) is 4. The van der Waals surface area contributed by atoms with E-state index in [4.69, 9.17) is 4.74 Å². The van der Waals surface area contributed by atoms with E-state index in [0.717, 1.165) is 0 Å². The van der Waals surface area contributed by atoms with Gasteiger partial charge in [0.1, 0.15) is 21.6 Å². The summed E-state index contributed by atoms with van der Waals surface area (Å²) in [5.41, 5.74) is -0.0111. The Kier molecular flexibility index (Phi) is 6.01. The molecule has 110 valence electrons. The summed E-state index contributed by atoms with van der Waals surface area (Å²) < 4.78 is 5.76. The molecule has 0 aliphatic carbocycles. The monoisotopic (exact) mass is 342 g/mol. The van der Waals surface area contributed by atoms with Crippen molar-refractivity contribution >= 4 is 28.1 Å². The fourth-order valence-corrected chi connectivity index (χ4v) is 1.66. The second-order valence-corrected chi connectivity index (χ2v) is 5.97. The smallest absolute Gasteiger partial charge is 0.407 e. The number of aromatic nitrogens is 1. The molecule has 0 atom stereocenters. The Morgan fingerprint density at radius 2 is 2.20 bits per heavy atom. The van der Waals surface area contributed by atoms with Gasteiger partial charge in [0.25, 0.3) is 0 Å². The number of carbonyl (C=O) groups excluding carboxylic acids is 1. The number of alkyl carbamates (subject to hydrolysis) is 1. The van der Waals surface area contributed by atoms with Crippen molar-refractivity contribution in [3.8, 4) is 5.75 Å². The van der Waals surface area contributed by atoms with Crippen molar-refractivity contribution < 1.29 is 14.6 Å². The van der Waals surface area contributed by atoms with Gasteiger partial charge in [-0.25, -0.2) is 9.78 Å². The first-order valence-corrected chi connectivity index (χ1v) is 7.06. The largest absolute Gasteiger partial charge is 0.506 e. The third kappa shape index (κ3) is 6.56. The highest BCUT2D eigenvalue weighted by Gasteiger charge is 2.15. The fraction of sp³-hybridized carbons (Fsp3) is 0.429. The number of nitrogens with one attached hydrogen (secondary N) is 1. The molecule has 1 aromatic heterocycles. The van der Waals surface area contributed by atoms with Crippen LogP contribution in [0, 0.1) is 0 Å². The minimum Gasteiger partial charge on any atom is -0.506 e. The van der Waals surface area contributed by atoms with Crippen molar-refractivity contribution in [3.05, 3.63) is 28.5 Å².